The lowest BCUT2D eigenvalue weighted by molar-refractivity contribution is -0.309. The molecule has 18 heteroatoms. The molecule has 0 radical (unpaired) electrons. The Morgan fingerprint density at radius 2 is 1.44 bits per heavy atom. The van der Waals surface area contributed by atoms with Gasteiger partial charge in [0, 0.05) is 53.9 Å². The van der Waals surface area contributed by atoms with Gasteiger partial charge in [-0.05, 0) is 10.8 Å². The number of nitrogens with zero attached hydrogens (tertiary/aromatic N) is 2. The molecule has 2 aliphatic heterocycles. The van der Waals surface area contributed by atoms with Crippen LogP contribution in [-0.4, -0.2) is 114 Å². The molecule has 3 rings (SSSR count). The van der Waals surface area contributed by atoms with Crippen LogP contribution in [0.1, 0.15) is 75.7 Å². The van der Waals surface area contributed by atoms with Crippen LogP contribution < -0.4 is 5.32 Å². The van der Waals surface area contributed by atoms with Gasteiger partial charge in [0.15, 0.2) is 18.3 Å². The van der Waals surface area contributed by atoms with Crippen molar-refractivity contribution < 1.29 is 71.5 Å². The number of ether oxygens (including phenoxy) is 7. The molecule has 0 aromatic rings. The van der Waals surface area contributed by atoms with Crippen molar-refractivity contribution in [2.24, 2.45) is 21.7 Å². The summed E-state index contributed by atoms with van der Waals surface area (Å²) in [6, 6.07) is -1.97. The predicted octanol–water partition coefficient (Wildman–Crippen LogP) is 0.956. The third kappa shape index (κ3) is 7.58. The van der Waals surface area contributed by atoms with Crippen LogP contribution in [-0.2, 0) is 66.7 Å². The first kappa shape index (κ1) is 39.8. The van der Waals surface area contributed by atoms with Crippen molar-refractivity contribution in [3.05, 3.63) is 0 Å². The second-order valence-corrected chi connectivity index (χ2v) is 13.5. The quantitative estimate of drug-likeness (QED) is 0.246. The molecule has 0 unspecified atom stereocenters. The summed E-state index contributed by atoms with van der Waals surface area (Å²) in [5.41, 5.74) is -4.01. The molecule has 18 nitrogen and oxygen atoms in total. The monoisotopic (exact) mass is 711 g/mol. The molecule has 0 aromatic carbocycles. The van der Waals surface area contributed by atoms with Gasteiger partial charge in [0.05, 0.1) is 13.2 Å². The number of aliphatic imine (C=N–C) groups is 1. The molecule has 50 heavy (non-hydrogen) atoms. The molecule has 3 aliphatic rings. The van der Waals surface area contributed by atoms with Crippen LogP contribution in [0.25, 0.3) is 0 Å². The maximum absolute atomic E-state index is 14.2. The third-order valence-corrected chi connectivity index (χ3v) is 9.56. The van der Waals surface area contributed by atoms with E-state index in [0.29, 0.717) is 0 Å². The van der Waals surface area contributed by atoms with Gasteiger partial charge in [-0.25, -0.2) is 9.59 Å². The molecule has 8 atom stereocenters. The third-order valence-electron chi connectivity index (χ3n) is 9.56. The summed E-state index contributed by atoms with van der Waals surface area (Å²) in [6.45, 7) is 13.2. The van der Waals surface area contributed by atoms with E-state index in [1.165, 1.54) is 6.92 Å². The zero-order chi connectivity index (χ0) is 38.1. The molecule has 1 saturated carbocycles. The Labute approximate surface area is 288 Å². The summed E-state index contributed by atoms with van der Waals surface area (Å²) in [5, 5.41) is 2.62. The highest BCUT2D eigenvalue weighted by Gasteiger charge is 2.74. The number of esters is 6. The standard InChI is InChI=1S/C32H45N3O15/c1-14(36)33-27-22-26(31(9,10)30(22,7)8)35(29(43)34-27)32(28(42)44-11)12-20(46-16(3)38)23(48-18(5)40)25(50-32)24(49-19(6)41)21(47-17(4)39)13-45-15(2)37/h20-26H,12-13H2,1-11H3,(H,33,34,36,43)/t20-,21+,22-,23+,24+,25+,26-,32+/m0/s1. The highest BCUT2D eigenvalue weighted by Crippen LogP contribution is 2.65. The Morgan fingerprint density at radius 3 is 1.92 bits per heavy atom. The van der Waals surface area contributed by atoms with E-state index in [-0.39, 0.29) is 5.84 Å². The van der Waals surface area contributed by atoms with Gasteiger partial charge in [-0.15, -0.1) is 0 Å². The van der Waals surface area contributed by atoms with Gasteiger partial charge < -0.3 is 38.5 Å². The molecule has 0 spiro atoms. The van der Waals surface area contributed by atoms with Crippen molar-refractivity contribution >= 4 is 53.6 Å². The first-order valence-corrected chi connectivity index (χ1v) is 15.8. The molecule has 1 aliphatic carbocycles. The lowest BCUT2D eigenvalue weighted by atomic mass is 9.42. The van der Waals surface area contributed by atoms with Crippen molar-refractivity contribution in [2.45, 2.75) is 118 Å². The Bertz CT molecular complexity index is 1470. The van der Waals surface area contributed by atoms with E-state index >= 15 is 0 Å². The van der Waals surface area contributed by atoms with E-state index in [4.69, 9.17) is 33.2 Å². The van der Waals surface area contributed by atoms with Crippen LogP contribution in [0.3, 0.4) is 0 Å². The number of carbonyl (C=O) groups is 8. The summed E-state index contributed by atoms with van der Waals surface area (Å²) in [4.78, 5) is 107. The number of nitrogens with one attached hydrogen (secondary N) is 1. The van der Waals surface area contributed by atoms with Gasteiger partial charge in [-0.2, -0.15) is 4.99 Å². The van der Waals surface area contributed by atoms with Crippen LogP contribution in [0, 0.1) is 16.7 Å². The minimum absolute atomic E-state index is 0.0591. The second-order valence-electron chi connectivity index (χ2n) is 13.5. The van der Waals surface area contributed by atoms with Gasteiger partial charge in [0.1, 0.15) is 24.7 Å². The fourth-order valence-corrected chi connectivity index (χ4v) is 7.02. The Hall–Kier alpha value is -4.61. The predicted molar refractivity (Wildman–Crippen MR) is 166 cm³/mol. The average molecular weight is 712 g/mol. The van der Waals surface area contributed by atoms with E-state index in [9.17, 15) is 38.4 Å². The highest BCUT2D eigenvalue weighted by molar-refractivity contribution is 6.07. The smallest absolute Gasteiger partial charge is 0.360 e. The van der Waals surface area contributed by atoms with E-state index < -0.39 is 120 Å². The van der Waals surface area contributed by atoms with Gasteiger partial charge in [-0.3, -0.25) is 33.7 Å². The minimum Gasteiger partial charge on any atom is -0.465 e. The van der Waals surface area contributed by atoms with Crippen molar-refractivity contribution in [3.63, 3.8) is 0 Å². The molecule has 3 amide bonds. The molecule has 0 aromatic heterocycles. The van der Waals surface area contributed by atoms with Crippen LogP contribution in [0.15, 0.2) is 4.99 Å². The molecule has 2 heterocycles. The van der Waals surface area contributed by atoms with Crippen molar-refractivity contribution in [1.82, 2.24) is 10.2 Å². The van der Waals surface area contributed by atoms with E-state index in [1.54, 1.807) is 0 Å². The number of amides is 3. The van der Waals surface area contributed by atoms with Crippen molar-refractivity contribution in [3.8, 4) is 0 Å². The highest BCUT2D eigenvalue weighted by atomic mass is 16.7. The average Bonchev–Trinajstić information content (AvgIpc) is 2.97. The van der Waals surface area contributed by atoms with E-state index in [0.717, 1.165) is 46.6 Å². The number of urea groups is 1. The summed E-state index contributed by atoms with van der Waals surface area (Å²) < 4.78 is 39.0. The Kier molecular flexibility index (Phi) is 11.7. The normalized spacial score (nSPS) is 28.9. The fourth-order valence-electron chi connectivity index (χ4n) is 7.02. The van der Waals surface area contributed by atoms with E-state index in [1.807, 2.05) is 27.7 Å². The van der Waals surface area contributed by atoms with Crippen molar-refractivity contribution in [1.29, 1.82) is 0 Å². The van der Waals surface area contributed by atoms with Crippen LogP contribution in [0.2, 0.25) is 0 Å². The van der Waals surface area contributed by atoms with E-state index in [2.05, 4.69) is 10.3 Å². The summed E-state index contributed by atoms with van der Waals surface area (Å²) in [7, 11) is 1.02. The first-order chi connectivity index (χ1) is 23.0. The maximum atomic E-state index is 14.2. The molecule has 278 valence electrons. The van der Waals surface area contributed by atoms with Gasteiger partial charge in [0.25, 0.3) is 0 Å². The largest absolute Gasteiger partial charge is 0.465 e. The van der Waals surface area contributed by atoms with Gasteiger partial charge in [-0.1, -0.05) is 27.7 Å². The second kappa shape index (κ2) is 14.7. The number of hydrogen-bond acceptors (Lipinski definition) is 15. The van der Waals surface area contributed by atoms with Crippen LogP contribution in [0.4, 0.5) is 4.79 Å². The maximum Gasteiger partial charge on any atom is 0.360 e. The number of fused-ring (bicyclic) bond motifs is 1. The Balaban J connectivity index is 2.39. The molecule has 1 N–H and O–H groups in total. The molecule has 1 saturated heterocycles. The Morgan fingerprint density at radius 1 is 0.860 bits per heavy atom. The first-order valence-electron chi connectivity index (χ1n) is 15.8. The van der Waals surface area contributed by atoms with Crippen molar-refractivity contribution in [2.75, 3.05) is 13.7 Å². The topological polar surface area (TPSA) is 229 Å². The lowest BCUT2D eigenvalue weighted by Crippen LogP contribution is -2.82. The molecular formula is C32H45N3O15. The summed E-state index contributed by atoms with van der Waals surface area (Å²) in [6.07, 6.45) is -9.30. The number of hydrogen-bond donors (Lipinski definition) is 1. The molecule has 0 bridgehead atoms. The van der Waals surface area contributed by atoms with Gasteiger partial charge >= 0.3 is 41.8 Å². The molecular weight excluding hydrogens is 666 g/mol. The van der Waals surface area contributed by atoms with Gasteiger partial charge in [0.2, 0.25) is 11.6 Å². The van der Waals surface area contributed by atoms with Crippen LogP contribution in [0.5, 0.6) is 0 Å². The number of amidine groups is 1. The number of methoxy groups -OCH3 is 1. The zero-order valence-corrected chi connectivity index (χ0v) is 30.0. The summed E-state index contributed by atoms with van der Waals surface area (Å²) >= 11 is 0. The minimum atomic E-state index is -2.55. The summed E-state index contributed by atoms with van der Waals surface area (Å²) in [5.74, 6) is -6.80. The zero-order valence-electron chi connectivity index (χ0n) is 30.0. The van der Waals surface area contributed by atoms with Crippen LogP contribution >= 0.6 is 0 Å². The fraction of sp³-hybridized carbons (Fsp3) is 0.719. The number of carbonyl (C=O) groups excluding carboxylic acids is 8. The molecule has 2 fully saturated rings. The lowest BCUT2D eigenvalue weighted by Gasteiger charge is -2.70. The SMILES string of the molecule is COC(=O)[C@@]1(N2C(=O)N=C(NC(C)=O)[C@@H]3[C@H]2C(C)(C)C3(C)C)C[C@H](OC(C)=O)[C@@H](OC(C)=O)[C@H]([C@H](OC(C)=O)[C@@H](COC(C)=O)OC(C)=O)O1. The number of rotatable bonds is 10.